The summed E-state index contributed by atoms with van der Waals surface area (Å²) in [5.74, 6) is -0.0632. The van der Waals surface area contributed by atoms with Crippen LogP contribution in [-0.2, 0) is 11.2 Å². The summed E-state index contributed by atoms with van der Waals surface area (Å²) < 4.78 is 0. The number of nitro groups is 1. The van der Waals surface area contributed by atoms with Gasteiger partial charge in [0.1, 0.15) is 0 Å². The highest BCUT2D eigenvalue weighted by Crippen LogP contribution is 2.34. The number of hydrogen-bond acceptors (Lipinski definition) is 4. The Kier molecular flexibility index (Phi) is 3.06. The standard InChI is InChI=1S/C11H13N3O3/c1-12-7-11(15)13-6-5-8-9(13)3-2-4-10(8)14(16)17/h2-4,12H,5-7H2,1H3. The molecule has 90 valence electrons. The van der Waals surface area contributed by atoms with E-state index in [2.05, 4.69) is 5.32 Å². The average molecular weight is 235 g/mol. The molecule has 0 saturated heterocycles. The maximum atomic E-state index is 11.8. The van der Waals surface area contributed by atoms with Crippen molar-refractivity contribution < 1.29 is 9.72 Å². The third-order valence-corrected chi connectivity index (χ3v) is 2.83. The Hall–Kier alpha value is -1.95. The Bertz CT molecular complexity index is 473. The highest BCUT2D eigenvalue weighted by molar-refractivity contribution is 5.97. The van der Waals surface area contributed by atoms with Crippen LogP contribution >= 0.6 is 0 Å². The minimum Gasteiger partial charge on any atom is -0.311 e. The molecule has 0 bridgehead atoms. The van der Waals surface area contributed by atoms with Gasteiger partial charge in [-0.2, -0.15) is 0 Å². The minimum atomic E-state index is -0.398. The second-order valence-electron chi connectivity index (χ2n) is 3.86. The average Bonchev–Trinajstić information content (AvgIpc) is 2.72. The van der Waals surface area contributed by atoms with E-state index in [1.165, 1.54) is 6.07 Å². The summed E-state index contributed by atoms with van der Waals surface area (Å²) in [4.78, 5) is 23.8. The number of carbonyl (C=O) groups excluding carboxylic acids is 1. The summed E-state index contributed by atoms with van der Waals surface area (Å²) in [5, 5.41) is 13.6. The van der Waals surface area contributed by atoms with E-state index in [0.29, 0.717) is 24.2 Å². The molecule has 1 aromatic carbocycles. The van der Waals surface area contributed by atoms with Crippen LogP contribution in [0.25, 0.3) is 0 Å². The van der Waals surface area contributed by atoms with Crippen molar-refractivity contribution in [2.24, 2.45) is 0 Å². The summed E-state index contributed by atoms with van der Waals surface area (Å²) in [6.45, 7) is 0.753. The lowest BCUT2D eigenvalue weighted by atomic mass is 10.1. The molecule has 17 heavy (non-hydrogen) atoms. The molecule has 0 radical (unpaired) electrons. The summed E-state index contributed by atoms with van der Waals surface area (Å²) in [7, 11) is 1.70. The normalized spacial score (nSPS) is 13.6. The van der Waals surface area contributed by atoms with Gasteiger partial charge in [0.05, 0.1) is 22.7 Å². The van der Waals surface area contributed by atoms with Crippen molar-refractivity contribution in [2.75, 3.05) is 25.0 Å². The molecule has 1 aliphatic heterocycles. The van der Waals surface area contributed by atoms with E-state index < -0.39 is 4.92 Å². The molecule has 0 aliphatic carbocycles. The molecule has 0 atom stereocenters. The van der Waals surface area contributed by atoms with Gasteiger partial charge in [-0.25, -0.2) is 0 Å². The number of carbonyl (C=O) groups is 1. The predicted octanol–water partition coefficient (Wildman–Crippen LogP) is 0.703. The summed E-state index contributed by atoms with van der Waals surface area (Å²) >= 11 is 0. The molecule has 1 N–H and O–H groups in total. The molecule has 0 saturated carbocycles. The molecule has 1 heterocycles. The zero-order valence-corrected chi connectivity index (χ0v) is 9.47. The number of nitrogens with one attached hydrogen (secondary N) is 1. The highest BCUT2D eigenvalue weighted by atomic mass is 16.6. The Morgan fingerprint density at radius 1 is 1.59 bits per heavy atom. The molecule has 2 rings (SSSR count). The number of rotatable bonds is 3. The van der Waals surface area contributed by atoms with Crippen molar-refractivity contribution in [1.82, 2.24) is 5.32 Å². The lowest BCUT2D eigenvalue weighted by molar-refractivity contribution is -0.385. The van der Waals surface area contributed by atoms with E-state index in [-0.39, 0.29) is 18.1 Å². The van der Waals surface area contributed by atoms with Gasteiger partial charge in [0, 0.05) is 12.6 Å². The SMILES string of the molecule is CNCC(=O)N1CCc2c1cccc2[N+](=O)[O-]. The van der Waals surface area contributed by atoms with Crippen molar-refractivity contribution in [3.05, 3.63) is 33.9 Å². The van der Waals surface area contributed by atoms with Crippen LogP contribution in [0.3, 0.4) is 0 Å². The van der Waals surface area contributed by atoms with E-state index in [9.17, 15) is 14.9 Å². The van der Waals surface area contributed by atoms with Crippen LogP contribution in [0.4, 0.5) is 11.4 Å². The van der Waals surface area contributed by atoms with Gasteiger partial charge >= 0.3 is 0 Å². The van der Waals surface area contributed by atoms with Gasteiger partial charge in [0.15, 0.2) is 0 Å². The Morgan fingerprint density at radius 2 is 2.35 bits per heavy atom. The molecule has 0 unspecified atom stereocenters. The van der Waals surface area contributed by atoms with Gasteiger partial charge in [-0.15, -0.1) is 0 Å². The lowest BCUT2D eigenvalue weighted by Gasteiger charge is -2.16. The van der Waals surface area contributed by atoms with Crippen molar-refractivity contribution >= 4 is 17.3 Å². The molecule has 0 fully saturated rings. The summed E-state index contributed by atoms with van der Waals surface area (Å²) in [5.41, 5.74) is 1.42. The number of benzene rings is 1. The first-order valence-electron chi connectivity index (χ1n) is 5.36. The molecule has 1 aliphatic rings. The molecule has 6 heteroatoms. The fourth-order valence-corrected chi connectivity index (χ4v) is 2.09. The largest absolute Gasteiger partial charge is 0.311 e. The number of amides is 1. The van der Waals surface area contributed by atoms with Gasteiger partial charge < -0.3 is 10.2 Å². The Labute approximate surface area is 98.4 Å². The van der Waals surface area contributed by atoms with Crippen LogP contribution in [0.5, 0.6) is 0 Å². The van der Waals surface area contributed by atoms with Gasteiger partial charge in [0.2, 0.25) is 5.91 Å². The number of nitro benzene ring substituents is 1. The third-order valence-electron chi connectivity index (χ3n) is 2.83. The number of hydrogen-bond donors (Lipinski definition) is 1. The van der Waals surface area contributed by atoms with Crippen LogP contribution < -0.4 is 10.2 Å². The number of nitrogens with zero attached hydrogens (tertiary/aromatic N) is 2. The van der Waals surface area contributed by atoms with Crippen LogP contribution in [0.1, 0.15) is 5.56 Å². The van der Waals surface area contributed by atoms with E-state index >= 15 is 0 Å². The molecule has 0 aromatic heterocycles. The fraction of sp³-hybridized carbons (Fsp3) is 0.364. The monoisotopic (exact) mass is 235 g/mol. The van der Waals surface area contributed by atoms with E-state index in [4.69, 9.17) is 0 Å². The van der Waals surface area contributed by atoms with Crippen molar-refractivity contribution in [1.29, 1.82) is 0 Å². The fourth-order valence-electron chi connectivity index (χ4n) is 2.09. The Balaban J connectivity index is 2.36. The first kappa shape index (κ1) is 11.5. The van der Waals surface area contributed by atoms with E-state index in [0.717, 1.165) is 0 Å². The topological polar surface area (TPSA) is 75.5 Å². The Morgan fingerprint density at radius 3 is 3.00 bits per heavy atom. The van der Waals surface area contributed by atoms with Gasteiger partial charge in [-0.05, 0) is 19.5 Å². The first-order chi connectivity index (χ1) is 8.15. The predicted molar refractivity (Wildman–Crippen MR) is 63.1 cm³/mol. The van der Waals surface area contributed by atoms with Crippen LogP contribution in [0.15, 0.2) is 18.2 Å². The third kappa shape index (κ3) is 1.99. The first-order valence-corrected chi connectivity index (χ1v) is 5.36. The lowest BCUT2D eigenvalue weighted by Crippen LogP contribution is -2.35. The summed E-state index contributed by atoms with van der Waals surface area (Å²) in [6.07, 6.45) is 0.544. The molecule has 1 aromatic rings. The van der Waals surface area contributed by atoms with Crippen molar-refractivity contribution in [3.8, 4) is 0 Å². The van der Waals surface area contributed by atoms with Crippen LogP contribution in [-0.4, -0.2) is 31.0 Å². The van der Waals surface area contributed by atoms with E-state index in [1.807, 2.05) is 0 Å². The van der Waals surface area contributed by atoms with Gasteiger partial charge in [-0.1, -0.05) is 6.07 Å². The molecule has 0 spiro atoms. The summed E-state index contributed by atoms with van der Waals surface area (Å²) in [6, 6.07) is 4.84. The van der Waals surface area contributed by atoms with Gasteiger partial charge in [-0.3, -0.25) is 14.9 Å². The van der Waals surface area contributed by atoms with Crippen molar-refractivity contribution in [3.63, 3.8) is 0 Å². The minimum absolute atomic E-state index is 0.0632. The molecule has 1 amide bonds. The molecular formula is C11H13N3O3. The van der Waals surface area contributed by atoms with Gasteiger partial charge in [0.25, 0.3) is 5.69 Å². The molecular weight excluding hydrogens is 222 g/mol. The number of likely N-dealkylation sites (N-methyl/N-ethyl adjacent to an activating group) is 1. The number of fused-ring (bicyclic) bond motifs is 1. The molecule has 6 nitrogen and oxygen atoms in total. The second-order valence-corrected chi connectivity index (χ2v) is 3.86. The number of anilines is 1. The van der Waals surface area contributed by atoms with Crippen LogP contribution in [0, 0.1) is 10.1 Å². The van der Waals surface area contributed by atoms with Crippen molar-refractivity contribution in [2.45, 2.75) is 6.42 Å². The second kappa shape index (κ2) is 4.50. The van der Waals surface area contributed by atoms with Crippen LogP contribution in [0.2, 0.25) is 0 Å². The maximum Gasteiger partial charge on any atom is 0.274 e. The van der Waals surface area contributed by atoms with E-state index in [1.54, 1.807) is 24.1 Å². The maximum absolute atomic E-state index is 11.8. The quantitative estimate of drug-likeness (QED) is 0.618. The highest BCUT2D eigenvalue weighted by Gasteiger charge is 2.29. The smallest absolute Gasteiger partial charge is 0.274 e. The zero-order valence-electron chi connectivity index (χ0n) is 9.47. The zero-order chi connectivity index (χ0) is 12.4.